The van der Waals surface area contributed by atoms with Crippen LogP contribution in [0.1, 0.15) is 71.3 Å². The van der Waals surface area contributed by atoms with Gasteiger partial charge in [-0.2, -0.15) is 0 Å². The number of rotatable bonds is 6. The molecule has 38 heavy (non-hydrogen) atoms. The number of amides is 1. The third-order valence-electron chi connectivity index (χ3n) is 7.31. The van der Waals surface area contributed by atoms with E-state index in [9.17, 15) is 13.6 Å². The summed E-state index contributed by atoms with van der Waals surface area (Å²) < 4.78 is 45.4. The Labute approximate surface area is 219 Å². The highest BCUT2D eigenvalue weighted by Gasteiger charge is 2.31. The zero-order chi connectivity index (χ0) is 27.0. The van der Waals surface area contributed by atoms with Gasteiger partial charge in [0.15, 0.2) is 6.30 Å². The van der Waals surface area contributed by atoms with E-state index in [-0.39, 0.29) is 17.2 Å². The molecule has 0 radical (unpaired) electrons. The van der Waals surface area contributed by atoms with Crippen LogP contribution >= 0.6 is 0 Å². The summed E-state index contributed by atoms with van der Waals surface area (Å²) in [5.74, 6) is -0.943. The zero-order valence-corrected chi connectivity index (χ0v) is 21.3. The average Bonchev–Trinajstić information content (AvgIpc) is 3.32. The lowest BCUT2D eigenvalue weighted by Gasteiger charge is -2.32. The number of aryl methyl sites for hydroxylation is 1. The molecule has 1 saturated heterocycles. The van der Waals surface area contributed by atoms with Crippen LogP contribution in [0.15, 0.2) is 60.7 Å². The number of carbonyl (C=O) groups excluding carboxylic acids is 1. The van der Waals surface area contributed by atoms with E-state index in [0.717, 1.165) is 11.0 Å². The maximum atomic E-state index is 15.2. The second kappa shape index (κ2) is 10.4. The highest BCUT2D eigenvalue weighted by Crippen LogP contribution is 2.34. The fraction of sp³-hybridized carbons (Fsp3) is 0.300. The number of piperidine rings is 1. The molecule has 1 aliphatic rings. The molecular formula is C30H29F3N4O. The van der Waals surface area contributed by atoms with Crippen molar-refractivity contribution in [2.75, 3.05) is 13.1 Å². The van der Waals surface area contributed by atoms with Gasteiger partial charge in [-0.15, -0.1) is 0 Å². The maximum absolute atomic E-state index is 15.2. The van der Waals surface area contributed by atoms with Gasteiger partial charge in [-0.3, -0.25) is 14.8 Å². The van der Waals surface area contributed by atoms with Crippen molar-refractivity contribution in [1.82, 2.24) is 14.5 Å². The number of nitrogens with one attached hydrogen (secondary N) is 1. The Hall–Kier alpha value is -3.94. The number of hydrogen-bond acceptors (Lipinski definition) is 3. The van der Waals surface area contributed by atoms with E-state index < -0.39 is 23.8 Å². The van der Waals surface area contributed by atoms with Crippen LogP contribution in [-0.2, 0) is 0 Å². The van der Waals surface area contributed by atoms with E-state index in [2.05, 4.69) is 0 Å². The van der Waals surface area contributed by atoms with E-state index in [0.29, 0.717) is 54.9 Å². The smallest absolute Gasteiger partial charge is 0.256 e. The standard InChI is InChI=1S/C30H29F3N4O/c1-3-27(33)37-26-10-5-4-9-25(26)35-29(37)19-11-13-36(14-12-19)30(38)23-15-18(2)22(17-24(23)32)28(34)20-7-6-8-21(31)16-20/h4-10,15-17,19,27,34H,3,11-14H2,1-2H3. The number of fused-ring (bicyclic) bond motifs is 1. The first-order valence-electron chi connectivity index (χ1n) is 12.8. The van der Waals surface area contributed by atoms with E-state index in [1.165, 1.54) is 30.3 Å². The number of nitrogens with zero attached hydrogens (tertiary/aromatic N) is 3. The van der Waals surface area contributed by atoms with Crippen LogP contribution in [0.5, 0.6) is 0 Å². The first kappa shape index (κ1) is 25.7. The molecule has 2 heterocycles. The molecule has 1 aliphatic heterocycles. The molecule has 0 bridgehead atoms. The molecule has 196 valence electrons. The van der Waals surface area contributed by atoms with Gasteiger partial charge in [0.1, 0.15) is 17.5 Å². The molecule has 0 spiro atoms. The molecule has 5 rings (SSSR count). The fourth-order valence-electron chi connectivity index (χ4n) is 5.25. The fourth-order valence-corrected chi connectivity index (χ4v) is 5.25. The number of likely N-dealkylation sites (tertiary alicyclic amines) is 1. The Kier molecular flexibility index (Phi) is 7.06. The van der Waals surface area contributed by atoms with Crippen molar-refractivity contribution in [1.29, 1.82) is 5.41 Å². The van der Waals surface area contributed by atoms with Crippen LogP contribution < -0.4 is 0 Å². The minimum atomic E-state index is -1.18. The molecule has 5 nitrogen and oxygen atoms in total. The second-order valence-corrected chi connectivity index (χ2v) is 9.77. The maximum Gasteiger partial charge on any atom is 0.256 e. The first-order valence-corrected chi connectivity index (χ1v) is 12.8. The van der Waals surface area contributed by atoms with Crippen molar-refractivity contribution in [3.63, 3.8) is 0 Å². The van der Waals surface area contributed by atoms with Gasteiger partial charge in [0.05, 0.1) is 22.3 Å². The Morgan fingerprint density at radius 2 is 1.79 bits per heavy atom. The van der Waals surface area contributed by atoms with Crippen LogP contribution in [0.2, 0.25) is 0 Å². The number of halogens is 3. The van der Waals surface area contributed by atoms with Crippen molar-refractivity contribution >= 4 is 22.7 Å². The van der Waals surface area contributed by atoms with E-state index >= 15 is 4.39 Å². The Morgan fingerprint density at radius 1 is 1.05 bits per heavy atom. The Bertz CT molecular complexity index is 1520. The van der Waals surface area contributed by atoms with E-state index in [1.807, 2.05) is 24.3 Å². The van der Waals surface area contributed by atoms with Crippen molar-refractivity contribution in [2.24, 2.45) is 0 Å². The summed E-state index contributed by atoms with van der Waals surface area (Å²) in [6.07, 6.45) is 0.331. The molecule has 0 aliphatic carbocycles. The van der Waals surface area contributed by atoms with Crippen LogP contribution in [0.4, 0.5) is 13.2 Å². The van der Waals surface area contributed by atoms with Gasteiger partial charge in [-0.1, -0.05) is 31.2 Å². The van der Waals surface area contributed by atoms with Gasteiger partial charge >= 0.3 is 0 Å². The summed E-state index contributed by atoms with van der Waals surface area (Å²) in [5, 5.41) is 8.42. The number of alkyl halides is 1. The van der Waals surface area contributed by atoms with E-state index in [4.69, 9.17) is 10.4 Å². The highest BCUT2D eigenvalue weighted by atomic mass is 19.1. The molecule has 1 N–H and O–H groups in total. The number of carbonyl (C=O) groups is 1. The van der Waals surface area contributed by atoms with Gasteiger partial charge in [-0.25, -0.2) is 18.2 Å². The van der Waals surface area contributed by atoms with Crippen molar-refractivity contribution < 1.29 is 18.0 Å². The Morgan fingerprint density at radius 3 is 2.50 bits per heavy atom. The van der Waals surface area contributed by atoms with Crippen LogP contribution in [0.25, 0.3) is 11.0 Å². The van der Waals surface area contributed by atoms with Gasteiger partial charge < -0.3 is 4.90 Å². The number of imidazole rings is 1. The largest absolute Gasteiger partial charge is 0.339 e. The third kappa shape index (κ3) is 4.71. The van der Waals surface area contributed by atoms with Gasteiger partial charge in [0, 0.05) is 30.1 Å². The molecule has 0 saturated carbocycles. The third-order valence-corrected chi connectivity index (χ3v) is 7.31. The SMILES string of the molecule is CCC(F)n1c(C2CCN(C(=O)c3cc(C)c(C(=N)c4cccc(F)c4)cc3F)CC2)nc2ccccc21. The monoisotopic (exact) mass is 518 g/mol. The summed E-state index contributed by atoms with van der Waals surface area (Å²) in [4.78, 5) is 19.6. The molecule has 1 unspecified atom stereocenters. The van der Waals surface area contributed by atoms with Gasteiger partial charge in [-0.05, 0) is 68.1 Å². The molecule has 3 aromatic carbocycles. The van der Waals surface area contributed by atoms with Gasteiger partial charge in [0.2, 0.25) is 0 Å². The molecular weight excluding hydrogens is 489 g/mol. The predicted molar refractivity (Wildman–Crippen MR) is 142 cm³/mol. The zero-order valence-electron chi connectivity index (χ0n) is 21.3. The van der Waals surface area contributed by atoms with Crippen LogP contribution in [-0.4, -0.2) is 39.2 Å². The summed E-state index contributed by atoms with van der Waals surface area (Å²) in [6.45, 7) is 4.30. The second-order valence-electron chi connectivity index (χ2n) is 9.77. The van der Waals surface area contributed by atoms with Crippen molar-refractivity contribution in [3.8, 4) is 0 Å². The summed E-state index contributed by atoms with van der Waals surface area (Å²) in [7, 11) is 0. The molecule has 4 aromatic rings. The molecule has 1 amide bonds. The number of aromatic nitrogens is 2. The minimum absolute atomic E-state index is 0.0122. The van der Waals surface area contributed by atoms with E-state index in [1.54, 1.807) is 29.4 Å². The van der Waals surface area contributed by atoms with Crippen molar-refractivity contribution in [2.45, 2.75) is 45.3 Å². The molecule has 1 atom stereocenters. The quantitative estimate of drug-likeness (QED) is 0.281. The number of benzene rings is 3. The summed E-state index contributed by atoms with van der Waals surface area (Å²) in [5.41, 5.74) is 2.63. The van der Waals surface area contributed by atoms with Crippen LogP contribution in [0, 0.1) is 24.0 Å². The summed E-state index contributed by atoms with van der Waals surface area (Å²) in [6, 6.07) is 15.7. The highest BCUT2D eigenvalue weighted by molar-refractivity contribution is 6.12. The number of para-hydroxylation sites is 2. The average molecular weight is 519 g/mol. The molecule has 8 heteroatoms. The number of hydrogen-bond donors (Lipinski definition) is 1. The normalized spacial score (nSPS) is 15.1. The van der Waals surface area contributed by atoms with Crippen molar-refractivity contribution in [3.05, 3.63) is 100 Å². The lowest BCUT2D eigenvalue weighted by Crippen LogP contribution is -2.39. The predicted octanol–water partition coefficient (Wildman–Crippen LogP) is 6.94. The minimum Gasteiger partial charge on any atom is -0.339 e. The first-order chi connectivity index (χ1) is 18.3. The molecule has 1 fully saturated rings. The summed E-state index contributed by atoms with van der Waals surface area (Å²) >= 11 is 0. The molecule has 1 aromatic heterocycles. The topological polar surface area (TPSA) is 62.0 Å². The lowest BCUT2D eigenvalue weighted by molar-refractivity contribution is 0.0703. The Balaban J connectivity index is 1.34. The lowest BCUT2D eigenvalue weighted by atomic mass is 9.93. The van der Waals surface area contributed by atoms with Crippen LogP contribution in [0.3, 0.4) is 0 Å². The van der Waals surface area contributed by atoms with Gasteiger partial charge in [0.25, 0.3) is 5.91 Å².